The van der Waals surface area contributed by atoms with Gasteiger partial charge in [0.2, 0.25) is 11.8 Å². The highest BCUT2D eigenvalue weighted by atomic mass is 19.3. The first-order chi connectivity index (χ1) is 15.2. The molecule has 1 aliphatic heterocycles. The number of esters is 1. The maximum Gasteiger partial charge on any atom is 0.387 e. The fourth-order valence-corrected chi connectivity index (χ4v) is 3.09. The minimum atomic E-state index is -3.23. The second kappa shape index (κ2) is 9.37. The van der Waals surface area contributed by atoms with E-state index in [0.717, 1.165) is 24.1 Å². The standard InChI is InChI=1S/C20H16F2N2O8/c1-30-15-8-12(14(24(28)29)9-16(15)32-20(21)22)10-31-19(27)11-3-2-4-13(7-11)23-17(25)5-6-18(23)26/h2-4,7-9,20H,5-6,10H2,1H3. The number of imide groups is 1. The smallest absolute Gasteiger partial charge is 0.387 e. The number of nitrogens with zero attached hydrogens (tertiary/aromatic N) is 2. The maximum absolute atomic E-state index is 12.5. The maximum atomic E-state index is 12.5. The number of nitro groups is 1. The van der Waals surface area contributed by atoms with Gasteiger partial charge >= 0.3 is 12.6 Å². The van der Waals surface area contributed by atoms with Gasteiger partial charge in [-0.2, -0.15) is 8.78 Å². The highest BCUT2D eigenvalue weighted by Crippen LogP contribution is 2.36. The molecule has 1 aliphatic rings. The summed E-state index contributed by atoms with van der Waals surface area (Å²) in [5.74, 6) is -2.43. The van der Waals surface area contributed by atoms with Gasteiger partial charge < -0.3 is 14.2 Å². The number of methoxy groups -OCH3 is 1. The largest absolute Gasteiger partial charge is 0.493 e. The van der Waals surface area contributed by atoms with Gasteiger partial charge in [0.1, 0.15) is 6.61 Å². The van der Waals surface area contributed by atoms with E-state index < -0.39 is 47.4 Å². The van der Waals surface area contributed by atoms with E-state index >= 15 is 0 Å². The number of benzene rings is 2. The molecule has 0 atom stereocenters. The number of halogens is 2. The molecule has 0 unspecified atom stereocenters. The minimum absolute atomic E-state index is 0.00210. The normalized spacial score (nSPS) is 13.4. The summed E-state index contributed by atoms with van der Waals surface area (Å²) < 4.78 is 39.3. The van der Waals surface area contributed by atoms with Crippen LogP contribution < -0.4 is 14.4 Å². The van der Waals surface area contributed by atoms with Crippen molar-refractivity contribution in [3.8, 4) is 11.5 Å². The molecule has 3 rings (SSSR count). The molecule has 0 spiro atoms. The van der Waals surface area contributed by atoms with Crippen molar-refractivity contribution in [1.82, 2.24) is 0 Å². The van der Waals surface area contributed by atoms with E-state index in [9.17, 15) is 33.3 Å². The molecular formula is C20H16F2N2O8. The van der Waals surface area contributed by atoms with Crippen molar-refractivity contribution in [3.63, 3.8) is 0 Å². The Morgan fingerprint density at radius 3 is 2.44 bits per heavy atom. The van der Waals surface area contributed by atoms with Gasteiger partial charge in [-0.1, -0.05) is 6.07 Å². The fraction of sp³-hybridized carbons (Fsp3) is 0.250. The first-order valence-electron chi connectivity index (χ1n) is 9.14. The van der Waals surface area contributed by atoms with Crippen molar-refractivity contribution in [3.05, 3.63) is 57.6 Å². The Labute approximate surface area is 179 Å². The van der Waals surface area contributed by atoms with Crippen molar-refractivity contribution in [2.75, 3.05) is 12.0 Å². The van der Waals surface area contributed by atoms with E-state index in [2.05, 4.69) is 4.74 Å². The van der Waals surface area contributed by atoms with Crippen LogP contribution >= 0.6 is 0 Å². The van der Waals surface area contributed by atoms with Crippen LogP contribution in [0, 0.1) is 10.1 Å². The monoisotopic (exact) mass is 450 g/mol. The zero-order valence-corrected chi connectivity index (χ0v) is 16.6. The number of rotatable bonds is 8. The average molecular weight is 450 g/mol. The first kappa shape index (κ1) is 22.6. The molecule has 1 fully saturated rings. The second-order valence-corrected chi connectivity index (χ2v) is 6.52. The molecule has 10 nitrogen and oxygen atoms in total. The number of amides is 2. The van der Waals surface area contributed by atoms with Gasteiger partial charge in [-0.25, -0.2) is 4.79 Å². The van der Waals surface area contributed by atoms with Crippen LogP contribution in [-0.4, -0.2) is 36.4 Å². The van der Waals surface area contributed by atoms with Crippen LogP contribution in [0.5, 0.6) is 11.5 Å². The number of carbonyl (C=O) groups excluding carboxylic acids is 3. The van der Waals surface area contributed by atoms with E-state index in [0.29, 0.717) is 0 Å². The van der Waals surface area contributed by atoms with Gasteiger partial charge in [0.05, 0.1) is 34.9 Å². The Morgan fingerprint density at radius 2 is 1.84 bits per heavy atom. The van der Waals surface area contributed by atoms with Crippen molar-refractivity contribution < 1.29 is 42.3 Å². The lowest BCUT2D eigenvalue weighted by Gasteiger charge is -2.15. The number of alkyl halides is 2. The van der Waals surface area contributed by atoms with Crippen LogP contribution in [0.2, 0.25) is 0 Å². The zero-order valence-electron chi connectivity index (χ0n) is 16.6. The van der Waals surface area contributed by atoms with Crippen LogP contribution in [0.15, 0.2) is 36.4 Å². The fourth-order valence-electron chi connectivity index (χ4n) is 3.09. The van der Waals surface area contributed by atoms with Crippen molar-refractivity contribution >= 4 is 29.2 Å². The number of carbonyl (C=O) groups is 3. The van der Waals surface area contributed by atoms with Crippen LogP contribution in [0.1, 0.15) is 28.8 Å². The zero-order chi connectivity index (χ0) is 23.4. The second-order valence-electron chi connectivity index (χ2n) is 6.52. The molecule has 0 aliphatic carbocycles. The quantitative estimate of drug-likeness (QED) is 0.260. The van der Waals surface area contributed by atoms with Gasteiger partial charge in [0, 0.05) is 12.8 Å². The highest BCUT2D eigenvalue weighted by molar-refractivity contribution is 6.20. The molecule has 12 heteroatoms. The predicted octanol–water partition coefficient (Wildman–Crippen LogP) is 3.22. The van der Waals surface area contributed by atoms with Crippen LogP contribution in [-0.2, 0) is 20.9 Å². The van der Waals surface area contributed by atoms with Gasteiger partial charge in [-0.05, 0) is 24.3 Å². The van der Waals surface area contributed by atoms with Crippen LogP contribution in [0.4, 0.5) is 20.2 Å². The molecule has 168 valence electrons. The molecule has 2 aromatic carbocycles. The van der Waals surface area contributed by atoms with Gasteiger partial charge in [-0.15, -0.1) is 0 Å². The number of hydrogen-bond acceptors (Lipinski definition) is 8. The Hall–Kier alpha value is -4.09. The van der Waals surface area contributed by atoms with E-state index in [4.69, 9.17) is 9.47 Å². The predicted molar refractivity (Wildman–Crippen MR) is 104 cm³/mol. The number of nitro benzene ring substituents is 1. The molecule has 2 amide bonds. The third kappa shape index (κ3) is 4.79. The van der Waals surface area contributed by atoms with E-state index in [1.807, 2.05) is 0 Å². The Kier molecular flexibility index (Phi) is 6.61. The van der Waals surface area contributed by atoms with E-state index in [-0.39, 0.29) is 35.4 Å². The molecule has 0 bridgehead atoms. The first-order valence-corrected chi connectivity index (χ1v) is 9.14. The summed E-state index contributed by atoms with van der Waals surface area (Å²) in [7, 11) is 1.15. The minimum Gasteiger partial charge on any atom is -0.493 e. The molecule has 0 saturated carbocycles. The molecule has 32 heavy (non-hydrogen) atoms. The summed E-state index contributed by atoms with van der Waals surface area (Å²) in [6, 6.07) is 7.41. The van der Waals surface area contributed by atoms with Gasteiger partial charge in [0.15, 0.2) is 11.5 Å². The van der Waals surface area contributed by atoms with E-state index in [1.165, 1.54) is 24.3 Å². The molecule has 0 aromatic heterocycles. The third-order valence-corrected chi connectivity index (χ3v) is 4.53. The summed E-state index contributed by atoms with van der Waals surface area (Å²) in [6.45, 7) is -3.81. The number of ether oxygens (including phenoxy) is 3. The summed E-state index contributed by atoms with van der Waals surface area (Å²) >= 11 is 0. The third-order valence-electron chi connectivity index (χ3n) is 4.53. The summed E-state index contributed by atoms with van der Waals surface area (Å²) in [6.07, 6.45) is 0.147. The molecule has 0 radical (unpaired) electrons. The van der Waals surface area contributed by atoms with Crippen molar-refractivity contribution in [1.29, 1.82) is 0 Å². The summed E-state index contributed by atoms with van der Waals surface area (Å²) in [5.41, 5.74) is -0.533. The average Bonchev–Trinajstić information content (AvgIpc) is 3.09. The lowest BCUT2D eigenvalue weighted by Crippen LogP contribution is -2.28. The van der Waals surface area contributed by atoms with Gasteiger partial charge in [-0.3, -0.25) is 24.6 Å². The topological polar surface area (TPSA) is 125 Å². The lowest BCUT2D eigenvalue weighted by molar-refractivity contribution is -0.386. The SMILES string of the molecule is COc1cc(COC(=O)c2cccc(N3C(=O)CCC3=O)c2)c([N+](=O)[O-])cc1OC(F)F. The van der Waals surface area contributed by atoms with Crippen LogP contribution in [0.25, 0.3) is 0 Å². The molecule has 0 N–H and O–H groups in total. The van der Waals surface area contributed by atoms with Gasteiger partial charge in [0.25, 0.3) is 5.69 Å². The van der Waals surface area contributed by atoms with Crippen molar-refractivity contribution in [2.24, 2.45) is 0 Å². The Morgan fingerprint density at radius 1 is 1.16 bits per heavy atom. The van der Waals surface area contributed by atoms with E-state index in [1.54, 1.807) is 0 Å². The molecule has 2 aromatic rings. The summed E-state index contributed by atoms with van der Waals surface area (Å²) in [4.78, 5) is 47.7. The highest BCUT2D eigenvalue weighted by Gasteiger charge is 2.30. The summed E-state index contributed by atoms with van der Waals surface area (Å²) in [5, 5.41) is 11.3. The Bertz CT molecular complexity index is 1070. The number of hydrogen-bond donors (Lipinski definition) is 0. The van der Waals surface area contributed by atoms with Crippen molar-refractivity contribution in [2.45, 2.75) is 26.1 Å². The molecule has 1 saturated heterocycles. The lowest BCUT2D eigenvalue weighted by atomic mass is 10.1. The number of anilines is 1. The Balaban J connectivity index is 1.81. The molecule has 1 heterocycles. The molecular weight excluding hydrogens is 434 g/mol. The van der Waals surface area contributed by atoms with Crippen LogP contribution in [0.3, 0.4) is 0 Å².